The Labute approximate surface area is 71.8 Å². The van der Waals surface area contributed by atoms with Crippen LogP contribution < -0.4 is 0 Å². The Hall–Kier alpha value is -0.930. The van der Waals surface area contributed by atoms with E-state index < -0.39 is 0 Å². The number of aromatic nitrogens is 4. The van der Waals surface area contributed by atoms with Crippen LogP contribution in [0.5, 0.6) is 0 Å². The van der Waals surface area contributed by atoms with Crippen LogP contribution in [0.1, 0.15) is 32.0 Å². The van der Waals surface area contributed by atoms with Crippen LogP contribution in [0.2, 0.25) is 0 Å². The largest absolute Gasteiger partial charge is 0.243 e. The number of nitrogens with one attached hydrogen (secondary N) is 1. The molecule has 1 saturated carbocycles. The van der Waals surface area contributed by atoms with Crippen molar-refractivity contribution in [3.63, 3.8) is 0 Å². The maximum Gasteiger partial charge on any atom is 0.148 e. The van der Waals surface area contributed by atoms with Gasteiger partial charge < -0.3 is 0 Å². The van der Waals surface area contributed by atoms with Gasteiger partial charge in [0.15, 0.2) is 0 Å². The number of tetrazole rings is 1. The zero-order valence-corrected chi connectivity index (χ0v) is 7.32. The topological polar surface area (TPSA) is 54.5 Å². The van der Waals surface area contributed by atoms with Crippen LogP contribution in [0.25, 0.3) is 0 Å². The van der Waals surface area contributed by atoms with Gasteiger partial charge in [0.05, 0.1) is 0 Å². The number of hydrogen-bond acceptors (Lipinski definition) is 3. The fraction of sp³-hybridized carbons (Fsp3) is 0.875. The predicted octanol–water partition coefficient (Wildman–Crippen LogP) is 1.18. The van der Waals surface area contributed by atoms with Crippen molar-refractivity contribution in [2.24, 2.45) is 11.8 Å². The van der Waals surface area contributed by atoms with Crippen molar-refractivity contribution in [3.8, 4) is 0 Å². The molecule has 2 rings (SSSR count). The highest BCUT2D eigenvalue weighted by atomic mass is 15.5. The molecule has 1 heterocycles. The molecule has 4 nitrogen and oxygen atoms in total. The lowest BCUT2D eigenvalue weighted by molar-refractivity contribution is 0.409. The molecule has 0 spiro atoms. The normalized spacial score (nSPS) is 29.4. The highest BCUT2D eigenvalue weighted by Gasteiger charge is 2.24. The molecule has 2 unspecified atom stereocenters. The van der Waals surface area contributed by atoms with E-state index in [1.54, 1.807) is 0 Å². The first-order valence-corrected chi connectivity index (χ1v) is 4.59. The van der Waals surface area contributed by atoms with Crippen LogP contribution in [-0.2, 0) is 6.42 Å². The molecule has 1 aliphatic carbocycles. The summed E-state index contributed by atoms with van der Waals surface area (Å²) in [6.07, 6.45) is 5.09. The van der Waals surface area contributed by atoms with E-state index in [-0.39, 0.29) is 0 Å². The van der Waals surface area contributed by atoms with E-state index in [1.807, 2.05) is 0 Å². The van der Waals surface area contributed by atoms with E-state index in [0.717, 1.165) is 24.1 Å². The molecule has 1 fully saturated rings. The molecular formula is C8H14N4. The zero-order valence-electron chi connectivity index (χ0n) is 7.32. The van der Waals surface area contributed by atoms with Crippen molar-refractivity contribution >= 4 is 0 Å². The molecule has 0 bridgehead atoms. The molecule has 0 amide bonds. The van der Waals surface area contributed by atoms with E-state index >= 15 is 0 Å². The Morgan fingerprint density at radius 3 is 3.00 bits per heavy atom. The van der Waals surface area contributed by atoms with Crippen LogP contribution in [0.4, 0.5) is 0 Å². The molecule has 4 heteroatoms. The minimum Gasteiger partial charge on any atom is -0.243 e. The van der Waals surface area contributed by atoms with Gasteiger partial charge >= 0.3 is 0 Å². The average molecular weight is 166 g/mol. The zero-order chi connectivity index (χ0) is 8.39. The maximum atomic E-state index is 3.90. The summed E-state index contributed by atoms with van der Waals surface area (Å²) >= 11 is 0. The SMILES string of the molecule is CC1CCCC1Cc1nnn[nH]1. The predicted molar refractivity (Wildman–Crippen MR) is 44.4 cm³/mol. The average Bonchev–Trinajstić information content (AvgIpc) is 2.65. The Balaban J connectivity index is 1.95. The van der Waals surface area contributed by atoms with Gasteiger partial charge in [-0.15, -0.1) is 5.10 Å². The number of hydrogen-bond donors (Lipinski definition) is 1. The van der Waals surface area contributed by atoms with Crippen LogP contribution in [0.3, 0.4) is 0 Å². The summed E-state index contributed by atoms with van der Waals surface area (Å²) in [6, 6.07) is 0. The van der Waals surface area contributed by atoms with Gasteiger partial charge in [0, 0.05) is 6.42 Å². The van der Waals surface area contributed by atoms with Gasteiger partial charge in [0.1, 0.15) is 5.82 Å². The molecule has 1 aromatic heterocycles. The summed E-state index contributed by atoms with van der Waals surface area (Å²) < 4.78 is 0. The van der Waals surface area contributed by atoms with Crippen molar-refractivity contribution in [2.45, 2.75) is 32.6 Å². The first-order chi connectivity index (χ1) is 5.86. The summed E-state index contributed by atoms with van der Waals surface area (Å²) in [5.41, 5.74) is 0. The molecule has 66 valence electrons. The van der Waals surface area contributed by atoms with Gasteiger partial charge in [-0.05, 0) is 28.7 Å². The molecule has 0 saturated heterocycles. The van der Waals surface area contributed by atoms with E-state index in [9.17, 15) is 0 Å². The first kappa shape index (κ1) is 7.71. The second kappa shape index (κ2) is 3.21. The quantitative estimate of drug-likeness (QED) is 0.717. The van der Waals surface area contributed by atoms with Gasteiger partial charge in [-0.3, -0.25) is 0 Å². The third-order valence-corrected chi connectivity index (χ3v) is 2.88. The Bertz CT molecular complexity index is 231. The summed E-state index contributed by atoms with van der Waals surface area (Å²) in [6.45, 7) is 2.32. The van der Waals surface area contributed by atoms with E-state index in [0.29, 0.717) is 0 Å². The Kier molecular flexibility index (Phi) is 2.06. The summed E-state index contributed by atoms with van der Waals surface area (Å²) in [5, 5.41) is 13.8. The number of nitrogens with zero attached hydrogens (tertiary/aromatic N) is 3. The van der Waals surface area contributed by atoms with Crippen molar-refractivity contribution < 1.29 is 0 Å². The van der Waals surface area contributed by atoms with Crippen LogP contribution in [-0.4, -0.2) is 20.6 Å². The third-order valence-electron chi connectivity index (χ3n) is 2.88. The number of aromatic amines is 1. The molecule has 0 radical (unpaired) electrons. The van der Waals surface area contributed by atoms with Crippen molar-refractivity contribution in [2.75, 3.05) is 0 Å². The lowest BCUT2D eigenvalue weighted by atomic mass is 9.94. The Morgan fingerprint density at radius 1 is 1.50 bits per heavy atom. The van der Waals surface area contributed by atoms with Crippen molar-refractivity contribution in [1.82, 2.24) is 20.6 Å². The van der Waals surface area contributed by atoms with Crippen LogP contribution >= 0.6 is 0 Å². The number of rotatable bonds is 2. The van der Waals surface area contributed by atoms with Gasteiger partial charge in [-0.2, -0.15) is 0 Å². The fourth-order valence-corrected chi connectivity index (χ4v) is 2.04. The third kappa shape index (κ3) is 1.47. The van der Waals surface area contributed by atoms with Gasteiger partial charge in [0.25, 0.3) is 0 Å². The van der Waals surface area contributed by atoms with E-state index in [2.05, 4.69) is 27.5 Å². The molecule has 0 aromatic carbocycles. The molecule has 1 aromatic rings. The van der Waals surface area contributed by atoms with E-state index in [4.69, 9.17) is 0 Å². The lowest BCUT2D eigenvalue weighted by Crippen LogP contribution is -2.08. The summed E-state index contributed by atoms with van der Waals surface area (Å²) in [7, 11) is 0. The van der Waals surface area contributed by atoms with Crippen molar-refractivity contribution in [1.29, 1.82) is 0 Å². The standard InChI is InChI=1S/C8H14N4/c1-6-3-2-4-7(6)5-8-9-11-12-10-8/h6-7H,2-5H2,1H3,(H,9,10,11,12). The summed E-state index contributed by atoms with van der Waals surface area (Å²) in [4.78, 5) is 0. The first-order valence-electron chi connectivity index (χ1n) is 4.59. The second-order valence-electron chi connectivity index (χ2n) is 3.72. The summed E-state index contributed by atoms with van der Waals surface area (Å²) in [5.74, 6) is 2.57. The number of H-pyrrole nitrogens is 1. The van der Waals surface area contributed by atoms with Gasteiger partial charge in [-0.25, -0.2) is 5.10 Å². The van der Waals surface area contributed by atoms with Crippen LogP contribution in [0.15, 0.2) is 0 Å². The lowest BCUT2D eigenvalue weighted by Gasteiger charge is -2.11. The molecule has 1 N–H and O–H groups in total. The molecule has 2 atom stereocenters. The highest BCUT2D eigenvalue weighted by Crippen LogP contribution is 2.32. The minimum atomic E-state index is 0.791. The smallest absolute Gasteiger partial charge is 0.148 e. The van der Waals surface area contributed by atoms with Crippen molar-refractivity contribution in [3.05, 3.63) is 5.82 Å². The molecular weight excluding hydrogens is 152 g/mol. The molecule has 0 aliphatic heterocycles. The Morgan fingerprint density at radius 2 is 2.42 bits per heavy atom. The second-order valence-corrected chi connectivity index (χ2v) is 3.72. The monoisotopic (exact) mass is 166 g/mol. The van der Waals surface area contributed by atoms with Gasteiger partial charge in [-0.1, -0.05) is 19.8 Å². The van der Waals surface area contributed by atoms with Gasteiger partial charge in [0.2, 0.25) is 0 Å². The molecule has 12 heavy (non-hydrogen) atoms. The maximum absolute atomic E-state index is 3.90. The fourth-order valence-electron chi connectivity index (χ4n) is 2.04. The minimum absolute atomic E-state index is 0.791. The highest BCUT2D eigenvalue weighted by molar-refractivity contribution is 4.85. The van der Waals surface area contributed by atoms with Crippen LogP contribution in [0, 0.1) is 11.8 Å². The molecule has 1 aliphatic rings. The van der Waals surface area contributed by atoms with E-state index in [1.165, 1.54) is 19.3 Å².